The van der Waals surface area contributed by atoms with E-state index < -0.39 is 36.5 Å². The summed E-state index contributed by atoms with van der Waals surface area (Å²) >= 11 is 0. The Morgan fingerprint density at radius 2 is 1.94 bits per heavy atom. The molecule has 1 aliphatic carbocycles. The van der Waals surface area contributed by atoms with E-state index in [2.05, 4.69) is 36.1 Å². The number of nitrogens with zero attached hydrogens (tertiary/aromatic N) is 1. The Hall–Kier alpha value is -2.91. The molecule has 8 nitrogen and oxygen atoms in total. The zero-order chi connectivity index (χ0) is 24.4. The highest BCUT2D eigenvalue weighted by molar-refractivity contribution is 6.10. The fourth-order valence-electron chi connectivity index (χ4n) is 4.63. The van der Waals surface area contributed by atoms with Crippen LogP contribution in [0.4, 0.5) is 19.3 Å². The monoisotopic (exact) mass is 467 g/mol. The van der Waals surface area contributed by atoms with Gasteiger partial charge in [0.25, 0.3) is 5.91 Å². The molecule has 1 aromatic carbocycles. The number of amides is 4. The number of rotatable bonds is 8. The summed E-state index contributed by atoms with van der Waals surface area (Å²) < 4.78 is 34.6. The molecule has 1 heterocycles. The molecule has 1 saturated carbocycles. The molecule has 0 atom stereocenters. The number of hydrogen-bond donors (Lipinski definition) is 2. The standard InChI is InChI=1S/C23H31F2N3O5/c1-5-22(2,3)14-8-10-23(11-9-14)19(30)28(21(31)27-23)13-18(29)26-15-6-7-16(32-4)17(12-15)33-20(24)25/h6-7,12,14,20H,5,8-11,13H2,1-4H3,(H,26,29)(H,27,31). The van der Waals surface area contributed by atoms with E-state index in [9.17, 15) is 23.2 Å². The molecule has 1 saturated heterocycles. The number of imide groups is 1. The van der Waals surface area contributed by atoms with Gasteiger partial charge in [-0.3, -0.25) is 14.5 Å². The first-order valence-electron chi connectivity index (χ1n) is 11.1. The number of nitrogens with one attached hydrogen (secondary N) is 2. The Labute approximate surface area is 192 Å². The van der Waals surface area contributed by atoms with E-state index in [0.29, 0.717) is 18.8 Å². The number of halogens is 2. The first kappa shape index (κ1) is 24.7. The lowest BCUT2D eigenvalue weighted by atomic mass is 9.65. The molecule has 1 aromatic rings. The van der Waals surface area contributed by atoms with E-state index in [1.54, 1.807) is 0 Å². The Bertz CT molecular complexity index is 913. The van der Waals surface area contributed by atoms with Crippen molar-refractivity contribution in [1.82, 2.24) is 10.2 Å². The molecule has 1 aliphatic heterocycles. The lowest BCUT2D eigenvalue weighted by Gasteiger charge is -2.42. The summed E-state index contributed by atoms with van der Waals surface area (Å²) in [4.78, 5) is 39.1. The third-order valence-corrected chi connectivity index (χ3v) is 7.07. The van der Waals surface area contributed by atoms with Gasteiger partial charge in [0, 0.05) is 11.8 Å². The maximum absolute atomic E-state index is 13.1. The summed E-state index contributed by atoms with van der Waals surface area (Å²) in [6.07, 6.45) is 3.76. The predicted molar refractivity (Wildman–Crippen MR) is 117 cm³/mol. The van der Waals surface area contributed by atoms with Gasteiger partial charge in [0.1, 0.15) is 12.1 Å². The maximum Gasteiger partial charge on any atom is 0.387 e. The molecule has 1 spiro atoms. The van der Waals surface area contributed by atoms with Crippen molar-refractivity contribution in [3.63, 3.8) is 0 Å². The number of methoxy groups -OCH3 is 1. The minimum Gasteiger partial charge on any atom is -0.493 e. The van der Waals surface area contributed by atoms with Crippen molar-refractivity contribution in [3.05, 3.63) is 18.2 Å². The van der Waals surface area contributed by atoms with E-state index in [-0.39, 0.29) is 22.6 Å². The topological polar surface area (TPSA) is 97.0 Å². The highest BCUT2D eigenvalue weighted by Gasteiger charge is 2.53. The molecular formula is C23H31F2N3O5. The fraction of sp³-hybridized carbons (Fsp3) is 0.609. The van der Waals surface area contributed by atoms with Crippen molar-refractivity contribution in [2.24, 2.45) is 11.3 Å². The van der Waals surface area contributed by atoms with Crippen molar-refractivity contribution >= 4 is 23.5 Å². The molecule has 0 aromatic heterocycles. The number of ether oxygens (including phenoxy) is 2. The zero-order valence-electron chi connectivity index (χ0n) is 19.4. The van der Waals surface area contributed by atoms with Gasteiger partial charge in [0.05, 0.1) is 7.11 Å². The Balaban J connectivity index is 1.64. The normalized spacial score (nSPS) is 23.1. The van der Waals surface area contributed by atoms with Gasteiger partial charge in [-0.1, -0.05) is 27.2 Å². The highest BCUT2D eigenvalue weighted by Crippen LogP contribution is 2.45. The van der Waals surface area contributed by atoms with E-state index in [1.165, 1.54) is 25.3 Å². The van der Waals surface area contributed by atoms with E-state index in [0.717, 1.165) is 24.2 Å². The van der Waals surface area contributed by atoms with Crippen molar-refractivity contribution in [3.8, 4) is 11.5 Å². The van der Waals surface area contributed by atoms with Crippen LogP contribution in [0.5, 0.6) is 11.5 Å². The van der Waals surface area contributed by atoms with E-state index >= 15 is 0 Å². The second kappa shape index (κ2) is 9.52. The van der Waals surface area contributed by atoms with Crippen LogP contribution in [0.25, 0.3) is 0 Å². The van der Waals surface area contributed by atoms with Gasteiger partial charge in [0.2, 0.25) is 5.91 Å². The Morgan fingerprint density at radius 3 is 2.52 bits per heavy atom. The molecule has 2 aliphatic rings. The predicted octanol–water partition coefficient (Wildman–Crippen LogP) is 4.15. The third-order valence-electron chi connectivity index (χ3n) is 7.07. The zero-order valence-corrected chi connectivity index (χ0v) is 19.4. The van der Waals surface area contributed by atoms with E-state index in [1.807, 2.05) is 0 Å². The average molecular weight is 468 g/mol. The second-order valence-electron chi connectivity index (χ2n) is 9.31. The van der Waals surface area contributed by atoms with Crippen LogP contribution in [0.15, 0.2) is 18.2 Å². The molecule has 182 valence electrons. The molecule has 3 rings (SSSR count). The molecular weight excluding hydrogens is 436 g/mol. The number of anilines is 1. The fourth-order valence-corrected chi connectivity index (χ4v) is 4.63. The average Bonchev–Trinajstić information content (AvgIpc) is 2.97. The smallest absolute Gasteiger partial charge is 0.387 e. The molecule has 0 bridgehead atoms. The van der Waals surface area contributed by atoms with Crippen LogP contribution < -0.4 is 20.1 Å². The summed E-state index contributed by atoms with van der Waals surface area (Å²) in [5.74, 6) is -0.733. The van der Waals surface area contributed by atoms with Gasteiger partial charge >= 0.3 is 12.6 Å². The molecule has 10 heteroatoms. The summed E-state index contributed by atoms with van der Waals surface area (Å²) in [6, 6.07) is 3.40. The summed E-state index contributed by atoms with van der Waals surface area (Å²) in [5, 5.41) is 5.32. The van der Waals surface area contributed by atoms with Crippen LogP contribution in [0, 0.1) is 11.3 Å². The van der Waals surface area contributed by atoms with Crippen LogP contribution >= 0.6 is 0 Å². The quantitative estimate of drug-likeness (QED) is 0.560. The minimum atomic E-state index is -3.06. The first-order chi connectivity index (χ1) is 15.5. The second-order valence-corrected chi connectivity index (χ2v) is 9.31. The van der Waals surface area contributed by atoms with Gasteiger partial charge in [-0.15, -0.1) is 0 Å². The van der Waals surface area contributed by atoms with Crippen molar-refractivity contribution in [2.75, 3.05) is 19.0 Å². The van der Waals surface area contributed by atoms with Crippen LogP contribution in [0.2, 0.25) is 0 Å². The molecule has 33 heavy (non-hydrogen) atoms. The van der Waals surface area contributed by atoms with Crippen molar-refractivity contribution in [1.29, 1.82) is 0 Å². The summed E-state index contributed by atoms with van der Waals surface area (Å²) in [6.45, 7) is 3.05. The number of carbonyl (C=O) groups excluding carboxylic acids is 3. The lowest BCUT2D eigenvalue weighted by Crippen LogP contribution is -2.51. The summed E-state index contributed by atoms with van der Waals surface area (Å²) in [7, 11) is 1.30. The largest absolute Gasteiger partial charge is 0.493 e. The number of alkyl halides is 2. The Kier molecular flexibility index (Phi) is 7.14. The third kappa shape index (κ3) is 5.20. The van der Waals surface area contributed by atoms with Crippen LogP contribution in [-0.2, 0) is 9.59 Å². The number of benzene rings is 1. The molecule has 2 fully saturated rings. The Morgan fingerprint density at radius 1 is 1.27 bits per heavy atom. The van der Waals surface area contributed by atoms with E-state index in [4.69, 9.17) is 4.74 Å². The first-order valence-corrected chi connectivity index (χ1v) is 11.1. The van der Waals surface area contributed by atoms with Gasteiger partial charge in [-0.25, -0.2) is 4.79 Å². The molecule has 0 radical (unpaired) electrons. The van der Waals surface area contributed by atoms with Crippen LogP contribution in [-0.4, -0.2) is 48.6 Å². The number of urea groups is 1. The van der Waals surface area contributed by atoms with Gasteiger partial charge in [0.15, 0.2) is 11.5 Å². The van der Waals surface area contributed by atoms with Gasteiger partial charge in [-0.2, -0.15) is 8.78 Å². The van der Waals surface area contributed by atoms with Crippen LogP contribution in [0.1, 0.15) is 52.9 Å². The highest BCUT2D eigenvalue weighted by atomic mass is 19.3. The number of hydrogen-bond acceptors (Lipinski definition) is 5. The molecule has 4 amide bonds. The molecule has 0 unspecified atom stereocenters. The summed E-state index contributed by atoms with van der Waals surface area (Å²) in [5.41, 5.74) is -0.630. The van der Waals surface area contributed by atoms with Gasteiger partial charge in [-0.05, 0) is 49.1 Å². The molecule has 2 N–H and O–H groups in total. The van der Waals surface area contributed by atoms with Crippen LogP contribution in [0.3, 0.4) is 0 Å². The lowest BCUT2D eigenvalue weighted by molar-refractivity contribution is -0.135. The van der Waals surface area contributed by atoms with Crippen molar-refractivity contribution < 1.29 is 32.6 Å². The minimum absolute atomic E-state index is 0.0752. The maximum atomic E-state index is 13.1. The van der Waals surface area contributed by atoms with Gasteiger partial charge < -0.3 is 20.1 Å². The number of carbonyl (C=O) groups is 3. The van der Waals surface area contributed by atoms with Crippen molar-refractivity contribution in [2.45, 2.75) is 65.0 Å². The SMILES string of the molecule is CCC(C)(C)C1CCC2(CC1)NC(=O)N(CC(=O)Nc1ccc(OC)c(OC(F)F)c1)C2=O.